The largest absolute Gasteiger partial charge is 0.391 e. The van der Waals surface area contributed by atoms with E-state index in [2.05, 4.69) is 10.5 Å². The number of rotatable bonds is 7. The van der Waals surface area contributed by atoms with Crippen molar-refractivity contribution in [1.82, 2.24) is 10.5 Å². The van der Waals surface area contributed by atoms with E-state index in [9.17, 15) is 9.90 Å². The molecule has 19 heavy (non-hydrogen) atoms. The minimum Gasteiger partial charge on any atom is -0.391 e. The van der Waals surface area contributed by atoms with E-state index in [4.69, 9.17) is 16.1 Å². The highest BCUT2D eigenvalue weighted by atomic mass is 35.5. The first-order valence-corrected chi connectivity index (χ1v) is 6.92. The van der Waals surface area contributed by atoms with Gasteiger partial charge in [0.1, 0.15) is 0 Å². The Morgan fingerprint density at radius 3 is 2.58 bits per heavy atom. The highest BCUT2D eigenvalue weighted by Gasteiger charge is 2.18. The Morgan fingerprint density at radius 1 is 1.47 bits per heavy atom. The summed E-state index contributed by atoms with van der Waals surface area (Å²) in [5.74, 6) is 0.0134. The van der Waals surface area contributed by atoms with E-state index in [-0.39, 0.29) is 30.0 Å². The molecule has 0 aliphatic rings. The Morgan fingerprint density at radius 2 is 2.11 bits per heavy atom. The summed E-state index contributed by atoms with van der Waals surface area (Å²) in [5, 5.41) is 16.5. The van der Waals surface area contributed by atoms with Gasteiger partial charge in [-0.1, -0.05) is 31.8 Å². The molecule has 6 heteroatoms. The summed E-state index contributed by atoms with van der Waals surface area (Å²) in [7, 11) is 0. The molecule has 2 N–H and O–H groups in total. The lowest BCUT2D eigenvalue weighted by atomic mass is 9.96. The van der Waals surface area contributed by atoms with Crippen LogP contribution in [0.15, 0.2) is 4.52 Å². The Balaban J connectivity index is 2.44. The number of hydrogen-bond acceptors (Lipinski definition) is 4. The van der Waals surface area contributed by atoms with Crippen LogP contribution in [-0.4, -0.2) is 28.8 Å². The van der Waals surface area contributed by atoms with Crippen LogP contribution >= 0.6 is 11.6 Å². The SMILES string of the molecule is CCC(CC)C(O)CNC(=O)Cc1c(C)noc1Cl. The van der Waals surface area contributed by atoms with E-state index in [1.165, 1.54) is 0 Å². The first-order chi connectivity index (χ1) is 8.99. The van der Waals surface area contributed by atoms with Crippen molar-refractivity contribution in [3.63, 3.8) is 0 Å². The molecule has 1 atom stereocenters. The maximum Gasteiger partial charge on any atom is 0.229 e. The van der Waals surface area contributed by atoms with Gasteiger partial charge in [0.2, 0.25) is 11.1 Å². The maximum absolute atomic E-state index is 11.8. The standard InChI is InChI=1S/C13H21ClN2O3/c1-4-9(5-2)11(17)7-15-12(18)6-10-8(3)16-19-13(10)14/h9,11,17H,4-7H2,1-3H3,(H,15,18). The number of carbonyl (C=O) groups is 1. The summed E-state index contributed by atoms with van der Waals surface area (Å²) >= 11 is 5.79. The molecule has 108 valence electrons. The molecule has 0 aliphatic carbocycles. The van der Waals surface area contributed by atoms with Crippen molar-refractivity contribution >= 4 is 17.5 Å². The first kappa shape index (κ1) is 16.0. The molecule has 0 saturated carbocycles. The van der Waals surface area contributed by atoms with Gasteiger partial charge in [-0.25, -0.2) is 0 Å². The third kappa shape index (κ3) is 4.51. The van der Waals surface area contributed by atoms with E-state index in [1.807, 2.05) is 13.8 Å². The smallest absolute Gasteiger partial charge is 0.229 e. The summed E-state index contributed by atoms with van der Waals surface area (Å²) in [6.07, 6.45) is 1.39. The summed E-state index contributed by atoms with van der Waals surface area (Å²) in [5.41, 5.74) is 1.21. The molecule has 5 nitrogen and oxygen atoms in total. The highest BCUT2D eigenvalue weighted by molar-refractivity contribution is 6.29. The van der Waals surface area contributed by atoms with Crippen molar-refractivity contribution in [3.05, 3.63) is 16.5 Å². The lowest BCUT2D eigenvalue weighted by Crippen LogP contribution is -2.36. The molecule has 1 aromatic heterocycles. The van der Waals surface area contributed by atoms with Gasteiger partial charge in [0.25, 0.3) is 0 Å². The Labute approximate surface area is 118 Å². The lowest BCUT2D eigenvalue weighted by Gasteiger charge is -2.20. The lowest BCUT2D eigenvalue weighted by molar-refractivity contribution is -0.121. The Hall–Kier alpha value is -1.07. The normalized spacial score (nSPS) is 12.7. The summed E-state index contributed by atoms with van der Waals surface area (Å²) in [4.78, 5) is 11.8. The molecule has 0 fully saturated rings. The number of nitrogens with one attached hydrogen (secondary N) is 1. The summed E-state index contributed by atoms with van der Waals surface area (Å²) in [6, 6.07) is 0. The number of amides is 1. The first-order valence-electron chi connectivity index (χ1n) is 6.54. The van der Waals surface area contributed by atoms with Crippen molar-refractivity contribution in [2.45, 2.75) is 46.1 Å². The fraction of sp³-hybridized carbons (Fsp3) is 0.692. The number of nitrogens with zero attached hydrogens (tertiary/aromatic N) is 1. The van der Waals surface area contributed by atoms with Crippen molar-refractivity contribution < 1.29 is 14.4 Å². The topological polar surface area (TPSA) is 75.4 Å². The number of halogens is 1. The molecule has 0 radical (unpaired) electrons. The van der Waals surface area contributed by atoms with Crippen molar-refractivity contribution in [3.8, 4) is 0 Å². The zero-order chi connectivity index (χ0) is 14.4. The minimum atomic E-state index is -0.516. The molecule has 0 bridgehead atoms. The molecule has 0 aliphatic heterocycles. The van der Waals surface area contributed by atoms with Crippen molar-refractivity contribution in [1.29, 1.82) is 0 Å². The van der Waals surface area contributed by atoms with Gasteiger partial charge in [0, 0.05) is 12.1 Å². The van der Waals surface area contributed by atoms with Crippen molar-refractivity contribution in [2.24, 2.45) is 5.92 Å². The highest BCUT2D eigenvalue weighted by Crippen LogP contribution is 2.19. The predicted molar refractivity (Wildman–Crippen MR) is 73.0 cm³/mol. The van der Waals surface area contributed by atoms with Gasteiger partial charge >= 0.3 is 0 Å². The number of carbonyl (C=O) groups excluding carboxylic acids is 1. The van der Waals surface area contributed by atoms with Gasteiger partial charge in [0.05, 0.1) is 18.2 Å². The van der Waals surface area contributed by atoms with Crippen LogP contribution in [-0.2, 0) is 11.2 Å². The van der Waals surface area contributed by atoms with Gasteiger partial charge in [-0.15, -0.1) is 0 Å². The molecule has 1 heterocycles. The van der Waals surface area contributed by atoms with Crippen LogP contribution in [0, 0.1) is 12.8 Å². The molecule has 1 amide bonds. The van der Waals surface area contributed by atoms with Crippen LogP contribution in [0.1, 0.15) is 37.9 Å². The second kappa shape index (κ2) is 7.50. The van der Waals surface area contributed by atoms with Crippen LogP contribution in [0.4, 0.5) is 0 Å². The predicted octanol–water partition coefficient (Wildman–Crippen LogP) is 2.09. The van der Waals surface area contributed by atoms with Crippen LogP contribution in [0.2, 0.25) is 5.22 Å². The average molecular weight is 289 g/mol. The van der Waals surface area contributed by atoms with Gasteiger partial charge < -0.3 is 14.9 Å². The number of aryl methyl sites for hydroxylation is 1. The van der Waals surface area contributed by atoms with Gasteiger partial charge in [-0.3, -0.25) is 4.79 Å². The monoisotopic (exact) mass is 288 g/mol. The van der Waals surface area contributed by atoms with Crippen LogP contribution in [0.5, 0.6) is 0 Å². The molecule has 1 unspecified atom stereocenters. The van der Waals surface area contributed by atoms with Gasteiger partial charge in [-0.05, 0) is 24.4 Å². The molecular weight excluding hydrogens is 268 g/mol. The van der Waals surface area contributed by atoms with Crippen LogP contribution < -0.4 is 5.32 Å². The Bertz CT molecular complexity index is 397. The van der Waals surface area contributed by atoms with Crippen LogP contribution in [0.25, 0.3) is 0 Å². The van der Waals surface area contributed by atoms with Gasteiger partial charge in [0.15, 0.2) is 0 Å². The Kier molecular flexibility index (Phi) is 6.31. The maximum atomic E-state index is 11.8. The zero-order valence-corrected chi connectivity index (χ0v) is 12.3. The fourth-order valence-corrected chi connectivity index (χ4v) is 2.24. The molecular formula is C13H21ClN2O3. The third-order valence-electron chi connectivity index (χ3n) is 3.38. The van der Waals surface area contributed by atoms with E-state index in [0.717, 1.165) is 12.8 Å². The number of hydrogen-bond donors (Lipinski definition) is 2. The molecule has 0 saturated heterocycles. The van der Waals surface area contributed by atoms with E-state index in [0.29, 0.717) is 11.3 Å². The third-order valence-corrected chi connectivity index (χ3v) is 3.67. The molecule has 1 aromatic rings. The van der Waals surface area contributed by atoms with Crippen molar-refractivity contribution in [2.75, 3.05) is 6.54 Å². The quantitative estimate of drug-likeness (QED) is 0.805. The summed E-state index contributed by atoms with van der Waals surface area (Å²) < 4.78 is 4.78. The van der Waals surface area contributed by atoms with E-state index in [1.54, 1.807) is 6.92 Å². The molecule has 0 spiro atoms. The molecule has 0 aromatic carbocycles. The second-order valence-corrected chi connectivity index (χ2v) is 4.99. The molecule has 1 rings (SSSR count). The average Bonchev–Trinajstić information content (AvgIpc) is 2.69. The van der Waals surface area contributed by atoms with E-state index >= 15 is 0 Å². The number of aliphatic hydroxyl groups is 1. The van der Waals surface area contributed by atoms with Gasteiger partial charge in [-0.2, -0.15) is 0 Å². The number of aromatic nitrogens is 1. The fourth-order valence-electron chi connectivity index (χ4n) is 2.00. The summed E-state index contributed by atoms with van der Waals surface area (Å²) in [6.45, 7) is 6.04. The zero-order valence-electron chi connectivity index (χ0n) is 11.6. The number of aliphatic hydroxyl groups excluding tert-OH is 1. The minimum absolute atomic E-state index is 0.115. The van der Waals surface area contributed by atoms with Crippen LogP contribution in [0.3, 0.4) is 0 Å². The van der Waals surface area contributed by atoms with E-state index < -0.39 is 6.10 Å². The second-order valence-electron chi connectivity index (χ2n) is 4.65.